The second kappa shape index (κ2) is 5.14. The van der Waals surface area contributed by atoms with Crippen LogP contribution in [0.1, 0.15) is 22.7 Å². The summed E-state index contributed by atoms with van der Waals surface area (Å²) in [6, 6.07) is 8.03. The Kier molecular flexibility index (Phi) is 3.58. The van der Waals surface area contributed by atoms with Gasteiger partial charge < -0.3 is 11.5 Å². The predicted octanol–water partition coefficient (Wildman–Crippen LogP) is 2.35. The molecule has 2 rings (SSSR count). The Hall–Kier alpha value is -1.94. The number of hydrogen-bond donors (Lipinski definition) is 2. The molecule has 0 aliphatic heterocycles. The fourth-order valence-corrected chi connectivity index (χ4v) is 2.09. The Morgan fingerprint density at radius 3 is 2.78 bits per heavy atom. The van der Waals surface area contributed by atoms with E-state index in [1.807, 2.05) is 19.1 Å². The zero-order chi connectivity index (χ0) is 13.1. The summed E-state index contributed by atoms with van der Waals surface area (Å²) in [5, 5.41) is 0. The van der Waals surface area contributed by atoms with Crippen LogP contribution in [0, 0.1) is 12.7 Å². The maximum absolute atomic E-state index is 13.1. The molecule has 0 spiro atoms. The number of nitrogen functional groups attached to an aromatic ring is 1. The minimum atomic E-state index is -0.277. The zero-order valence-corrected chi connectivity index (χ0v) is 10.2. The number of pyridine rings is 1. The van der Waals surface area contributed by atoms with Crippen LogP contribution in [0.5, 0.6) is 0 Å². The SMILES string of the molecule is Cc1ccnc(N)c1C(N)Cc1cccc(F)c1. The molecule has 0 saturated heterocycles. The van der Waals surface area contributed by atoms with Crippen LogP contribution < -0.4 is 11.5 Å². The molecule has 1 aromatic carbocycles. The van der Waals surface area contributed by atoms with Crippen molar-refractivity contribution in [2.24, 2.45) is 5.73 Å². The highest BCUT2D eigenvalue weighted by Crippen LogP contribution is 2.23. The molecule has 0 aliphatic rings. The van der Waals surface area contributed by atoms with Gasteiger partial charge in [-0.05, 0) is 42.7 Å². The smallest absolute Gasteiger partial charge is 0.128 e. The van der Waals surface area contributed by atoms with E-state index in [-0.39, 0.29) is 11.9 Å². The average Bonchev–Trinajstić information content (AvgIpc) is 2.28. The first-order chi connectivity index (χ1) is 8.58. The van der Waals surface area contributed by atoms with Gasteiger partial charge in [0.1, 0.15) is 11.6 Å². The van der Waals surface area contributed by atoms with E-state index in [0.717, 1.165) is 16.7 Å². The van der Waals surface area contributed by atoms with Gasteiger partial charge >= 0.3 is 0 Å². The molecule has 0 saturated carbocycles. The molecule has 1 atom stereocenters. The van der Waals surface area contributed by atoms with E-state index >= 15 is 0 Å². The van der Waals surface area contributed by atoms with Crippen LogP contribution in [-0.4, -0.2) is 4.98 Å². The van der Waals surface area contributed by atoms with Crippen molar-refractivity contribution >= 4 is 5.82 Å². The van der Waals surface area contributed by atoms with Gasteiger partial charge in [-0.3, -0.25) is 0 Å². The maximum atomic E-state index is 13.1. The quantitative estimate of drug-likeness (QED) is 0.872. The van der Waals surface area contributed by atoms with Gasteiger partial charge in [-0.2, -0.15) is 0 Å². The fraction of sp³-hybridized carbons (Fsp3) is 0.214. The molecule has 0 bridgehead atoms. The monoisotopic (exact) mass is 245 g/mol. The van der Waals surface area contributed by atoms with Crippen LogP contribution in [0.2, 0.25) is 0 Å². The summed E-state index contributed by atoms with van der Waals surface area (Å²) in [4.78, 5) is 4.04. The first-order valence-corrected chi connectivity index (χ1v) is 5.79. The van der Waals surface area contributed by atoms with Gasteiger partial charge in [-0.1, -0.05) is 12.1 Å². The molecule has 0 amide bonds. The number of hydrogen-bond acceptors (Lipinski definition) is 3. The first kappa shape index (κ1) is 12.5. The molecule has 2 aromatic rings. The number of nitrogens with two attached hydrogens (primary N) is 2. The highest BCUT2D eigenvalue weighted by molar-refractivity contribution is 5.46. The van der Waals surface area contributed by atoms with E-state index in [2.05, 4.69) is 4.98 Å². The van der Waals surface area contributed by atoms with Gasteiger partial charge in [-0.25, -0.2) is 9.37 Å². The summed E-state index contributed by atoms with van der Waals surface area (Å²) in [6.45, 7) is 1.94. The third-order valence-corrected chi connectivity index (χ3v) is 2.95. The van der Waals surface area contributed by atoms with Crippen LogP contribution in [-0.2, 0) is 6.42 Å². The molecular weight excluding hydrogens is 229 g/mol. The molecule has 0 aliphatic carbocycles. The number of halogens is 1. The second-order valence-electron chi connectivity index (χ2n) is 4.37. The lowest BCUT2D eigenvalue weighted by Gasteiger charge is -2.16. The van der Waals surface area contributed by atoms with Crippen molar-refractivity contribution in [2.75, 3.05) is 5.73 Å². The molecule has 1 unspecified atom stereocenters. The van der Waals surface area contributed by atoms with Crippen molar-refractivity contribution < 1.29 is 4.39 Å². The number of benzene rings is 1. The van der Waals surface area contributed by atoms with E-state index in [1.165, 1.54) is 12.1 Å². The number of nitrogens with zero attached hydrogens (tertiary/aromatic N) is 1. The summed E-state index contributed by atoms with van der Waals surface area (Å²) in [6.07, 6.45) is 2.19. The lowest BCUT2D eigenvalue weighted by molar-refractivity contribution is 0.622. The lowest BCUT2D eigenvalue weighted by Crippen LogP contribution is -2.17. The van der Waals surface area contributed by atoms with Crippen molar-refractivity contribution in [3.8, 4) is 0 Å². The third-order valence-electron chi connectivity index (χ3n) is 2.95. The summed E-state index contributed by atoms with van der Waals surface area (Å²) in [7, 11) is 0. The normalized spacial score (nSPS) is 12.4. The molecular formula is C14H16FN3. The van der Waals surface area contributed by atoms with Gasteiger partial charge in [0.25, 0.3) is 0 Å². The third kappa shape index (κ3) is 2.65. The summed E-state index contributed by atoms with van der Waals surface area (Å²) in [5.74, 6) is 0.189. The van der Waals surface area contributed by atoms with Crippen molar-refractivity contribution in [3.05, 3.63) is 59.0 Å². The number of aryl methyl sites for hydroxylation is 1. The molecule has 18 heavy (non-hydrogen) atoms. The summed E-state index contributed by atoms with van der Waals surface area (Å²) < 4.78 is 13.1. The van der Waals surface area contributed by atoms with Crippen LogP contribution in [0.15, 0.2) is 36.5 Å². The molecule has 3 nitrogen and oxygen atoms in total. The van der Waals surface area contributed by atoms with Crippen molar-refractivity contribution in [1.82, 2.24) is 4.98 Å². The van der Waals surface area contributed by atoms with Crippen LogP contribution in [0.25, 0.3) is 0 Å². The Morgan fingerprint density at radius 1 is 1.33 bits per heavy atom. The van der Waals surface area contributed by atoms with Gasteiger partial charge in [0.15, 0.2) is 0 Å². The summed E-state index contributed by atoms with van der Waals surface area (Å²) in [5.41, 5.74) is 14.7. The first-order valence-electron chi connectivity index (χ1n) is 5.79. The van der Waals surface area contributed by atoms with Crippen LogP contribution in [0.4, 0.5) is 10.2 Å². The number of rotatable bonds is 3. The molecule has 1 heterocycles. The molecule has 0 fully saturated rings. The Labute approximate surface area is 106 Å². The standard InChI is InChI=1S/C14H16FN3/c1-9-5-6-18-14(17)13(9)12(16)8-10-3-2-4-11(15)7-10/h2-7,12H,8,16H2,1H3,(H2,17,18). The predicted molar refractivity (Wildman–Crippen MR) is 70.4 cm³/mol. The average molecular weight is 245 g/mol. The molecule has 0 radical (unpaired) electrons. The highest BCUT2D eigenvalue weighted by Gasteiger charge is 2.14. The topological polar surface area (TPSA) is 64.9 Å². The number of aromatic nitrogens is 1. The van der Waals surface area contributed by atoms with Crippen LogP contribution in [0.3, 0.4) is 0 Å². The van der Waals surface area contributed by atoms with Crippen molar-refractivity contribution in [2.45, 2.75) is 19.4 Å². The minimum absolute atomic E-state index is 0.254. The van der Waals surface area contributed by atoms with Gasteiger partial charge in [-0.15, -0.1) is 0 Å². The van der Waals surface area contributed by atoms with Gasteiger partial charge in [0, 0.05) is 17.8 Å². The van der Waals surface area contributed by atoms with E-state index < -0.39 is 0 Å². The summed E-state index contributed by atoms with van der Waals surface area (Å²) >= 11 is 0. The molecule has 4 N–H and O–H groups in total. The van der Waals surface area contributed by atoms with E-state index in [0.29, 0.717) is 12.2 Å². The fourth-order valence-electron chi connectivity index (χ4n) is 2.09. The van der Waals surface area contributed by atoms with Crippen molar-refractivity contribution in [3.63, 3.8) is 0 Å². The zero-order valence-electron chi connectivity index (χ0n) is 10.2. The van der Waals surface area contributed by atoms with Crippen LogP contribution >= 0.6 is 0 Å². The highest BCUT2D eigenvalue weighted by atomic mass is 19.1. The Bertz CT molecular complexity index is 534. The molecule has 94 valence electrons. The lowest BCUT2D eigenvalue weighted by atomic mass is 9.97. The van der Waals surface area contributed by atoms with E-state index in [4.69, 9.17) is 11.5 Å². The minimum Gasteiger partial charge on any atom is -0.383 e. The number of anilines is 1. The maximum Gasteiger partial charge on any atom is 0.128 e. The van der Waals surface area contributed by atoms with Gasteiger partial charge in [0.05, 0.1) is 0 Å². The largest absolute Gasteiger partial charge is 0.383 e. The Balaban J connectivity index is 2.25. The molecule has 4 heteroatoms. The Morgan fingerprint density at radius 2 is 2.11 bits per heavy atom. The van der Waals surface area contributed by atoms with Gasteiger partial charge in [0.2, 0.25) is 0 Å². The van der Waals surface area contributed by atoms with E-state index in [1.54, 1.807) is 12.3 Å². The van der Waals surface area contributed by atoms with E-state index in [9.17, 15) is 4.39 Å². The molecule has 1 aromatic heterocycles. The van der Waals surface area contributed by atoms with Crippen molar-refractivity contribution in [1.29, 1.82) is 0 Å². The second-order valence-corrected chi connectivity index (χ2v) is 4.37.